The number of Topliss-reactive ketones (excluding diaryl/α,β-unsaturated/α-hetero) is 1. The van der Waals surface area contributed by atoms with Crippen LogP contribution in [-0.2, 0) is 35.9 Å². The number of nitrogens with zero attached hydrogens (tertiary/aromatic N) is 2. The molecule has 2 aromatic rings. The third-order valence-corrected chi connectivity index (χ3v) is 11.3. The summed E-state index contributed by atoms with van der Waals surface area (Å²) in [5, 5.41) is 30.6. The summed E-state index contributed by atoms with van der Waals surface area (Å²) in [5.41, 5.74) is 1.22. The molecule has 0 saturated carbocycles. The van der Waals surface area contributed by atoms with Crippen LogP contribution in [-0.4, -0.2) is 89.6 Å². The zero-order chi connectivity index (χ0) is 37.1. The minimum atomic E-state index is -4.27. The van der Waals surface area contributed by atoms with Gasteiger partial charge in [-0.25, -0.2) is 9.59 Å². The van der Waals surface area contributed by atoms with E-state index in [-0.39, 0.29) is 54.0 Å². The third kappa shape index (κ3) is 6.80. The molecule has 2 aromatic carbocycles. The number of hydrogen-bond donors (Lipinski definition) is 5. The molecule has 0 amide bonds. The van der Waals surface area contributed by atoms with Crippen LogP contribution in [0.1, 0.15) is 72.4 Å². The number of carboxylic acids is 2. The Kier molecular flexibility index (Phi) is 9.32. The Balaban J connectivity index is 1.56. The van der Waals surface area contributed by atoms with Crippen molar-refractivity contribution in [3.8, 4) is 0 Å². The second-order valence-corrected chi connectivity index (χ2v) is 16.8. The molecule has 0 saturated heterocycles. The van der Waals surface area contributed by atoms with Gasteiger partial charge in [0, 0.05) is 41.0 Å². The zero-order valence-electron chi connectivity index (χ0n) is 27.7. The fraction of sp³-hybridized carbons (Fsp3) is 0.382. The Bertz CT molecular complexity index is 2130. The molecule has 1 unspecified atom stereocenters. The number of anilines is 2. The average Bonchev–Trinajstić information content (AvgIpc) is 3.34. The average molecular weight is 731 g/mol. The Morgan fingerprint density at radius 1 is 0.820 bits per heavy atom. The fourth-order valence-corrected chi connectivity index (χ4v) is 8.04. The quantitative estimate of drug-likeness (QED) is 0.153. The molecule has 3 aliphatic rings. The molecule has 0 fully saturated rings. The Labute approximate surface area is 289 Å². The molecule has 2 aliphatic heterocycles. The monoisotopic (exact) mass is 730 g/mol. The van der Waals surface area contributed by atoms with Crippen LogP contribution in [0.5, 0.6) is 0 Å². The van der Waals surface area contributed by atoms with Gasteiger partial charge in [0.25, 0.3) is 20.2 Å². The van der Waals surface area contributed by atoms with Crippen LogP contribution < -0.4 is 9.80 Å². The molecule has 5 N–H and O–H groups in total. The first-order chi connectivity index (χ1) is 23.0. The molecular weight excluding hydrogens is 693 g/mol. The van der Waals surface area contributed by atoms with Crippen molar-refractivity contribution in [1.82, 2.24) is 0 Å². The van der Waals surface area contributed by atoms with Crippen molar-refractivity contribution >= 4 is 49.3 Å². The summed E-state index contributed by atoms with van der Waals surface area (Å²) in [7, 11) is -8.54. The number of aliphatic hydroxyl groups excluding tert-OH is 1. The highest BCUT2D eigenvalue weighted by Crippen LogP contribution is 2.50. The summed E-state index contributed by atoms with van der Waals surface area (Å²) in [6.45, 7) is 7.49. The van der Waals surface area contributed by atoms with Crippen molar-refractivity contribution in [2.75, 3.05) is 34.4 Å². The molecule has 16 heteroatoms. The summed E-state index contributed by atoms with van der Waals surface area (Å²) in [5.74, 6) is -4.18. The first-order valence-corrected chi connectivity index (χ1v) is 18.9. The number of ketones is 1. The smallest absolute Gasteiger partial charge is 0.335 e. The van der Waals surface area contributed by atoms with Crippen molar-refractivity contribution < 1.29 is 55.6 Å². The third-order valence-electron chi connectivity index (χ3n) is 9.65. The van der Waals surface area contributed by atoms with E-state index in [4.69, 9.17) is 0 Å². The molecule has 0 bridgehead atoms. The summed E-state index contributed by atoms with van der Waals surface area (Å²) in [6.07, 6.45) is 3.07. The number of benzene rings is 2. The van der Waals surface area contributed by atoms with Crippen molar-refractivity contribution in [2.24, 2.45) is 0 Å². The number of aliphatic hydroxyl groups is 1. The molecule has 5 rings (SSSR count). The maximum absolute atomic E-state index is 13.8. The molecule has 1 atom stereocenters. The molecule has 0 aromatic heterocycles. The van der Waals surface area contributed by atoms with E-state index in [1.165, 1.54) is 30.3 Å². The van der Waals surface area contributed by atoms with Crippen LogP contribution in [0, 0.1) is 0 Å². The largest absolute Gasteiger partial charge is 0.506 e. The van der Waals surface area contributed by atoms with Crippen molar-refractivity contribution in [3.05, 3.63) is 93.4 Å². The molecule has 0 radical (unpaired) electrons. The van der Waals surface area contributed by atoms with Crippen molar-refractivity contribution in [2.45, 2.75) is 57.4 Å². The van der Waals surface area contributed by atoms with Crippen molar-refractivity contribution in [1.29, 1.82) is 0 Å². The molecule has 268 valence electrons. The van der Waals surface area contributed by atoms with Crippen LogP contribution in [0.2, 0.25) is 0 Å². The maximum atomic E-state index is 13.8. The van der Waals surface area contributed by atoms with Gasteiger partial charge in [-0.15, -0.1) is 0 Å². The lowest BCUT2D eigenvalue weighted by Gasteiger charge is -2.34. The highest BCUT2D eigenvalue weighted by molar-refractivity contribution is 7.86. The van der Waals surface area contributed by atoms with Crippen LogP contribution in [0.3, 0.4) is 0 Å². The number of carboxylic acid groups (broad SMARTS) is 2. The molecule has 1 aliphatic carbocycles. The van der Waals surface area contributed by atoms with Gasteiger partial charge in [0.15, 0.2) is 5.78 Å². The Morgan fingerprint density at radius 3 is 1.86 bits per heavy atom. The normalized spacial score (nSPS) is 21.1. The van der Waals surface area contributed by atoms with Gasteiger partial charge in [-0.3, -0.25) is 13.9 Å². The van der Waals surface area contributed by atoms with Crippen LogP contribution in [0.4, 0.5) is 11.4 Å². The highest BCUT2D eigenvalue weighted by Gasteiger charge is 2.47. The lowest BCUT2D eigenvalue weighted by atomic mass is 9.76. The number of hydrogen-bond acceptors (Lipinski definition) is 10. The van der Waals surface area contributed by atoms with E-state index in [1.807, 2.05) is 18.7 Å². The molecular formula is C34H38N2O12S2. The van der Waals surface area contributed by atoms with Crippen LogP contribution in [0.15, 0.2) is 71.2 Å². The number of allylic oxidation sites excluding steroid dienone is 4. The highest BCUT2D eigenvalue weighted by atomic mass is 32.2. The molecule has 14 nitrogen and oxygen atoms in total. The second-order valence-electron chi connectivity index (χ2n) is 13.7. The van der Waals surface area contributed by atoms with E-state index >= 15 is 0 Å². The Hall–Kier alpha value is -4.51. The van der Waals surface area contributed by atoms with Gasteiger partial charge in [0.05, 0.1) is 39.8 Å². The van der Waals surface area contributed by atoms with Gasteiger partial charge in [0.1, 0.15) is 5.76 Å². The maximum Gasteiger partial charge on any atom is 0.335 e. The number of fused-ring (bicyclic) bond motifs is 2. The van der Waals surface area contributed by atoms with Gasteiger partial charge in [-0.05, 0) is 72.5 Å². The number of rotatable bonds is 12. The minimum absolute atomic E-state index is 0.00480. The van der Waals surface area contributed by atoms with Gasteiger partial charge < -0.3 is 25.1 Å². The minimum Gasteiger partial charge on any atom is -0.506 e. The second kappa shape index (κ2) is 12.7. The first kappa shape index (κ1) is 36.8. The van der Waals surface area contributed by atoms with E-state index in [0.29, 0.717) is 28.2 Å². The summed E-state index contributed by atoms with van der Waals surface area (Å²) >= 11 is 0. The van der Waals surface area contributed by atoms with Crippen LogP contribution >= 0.6 is 0 Å². The number of aromatic carboxylic acids is 2. The van der Waals surface area contributed by atoms with Gasteiger partial charge in [-0.1, -0.05) is 27.7 Å². The van der Waals surface area contributed by atoms with Gasteiger partial charge >= 0.3 is 11.9 Å². The molecule has 2 heterocycles. The Morgan fingerprint density at radius 2 is 1.34 bits per heavy atom. The predicted octanol–water partition coefficient (Wildman–Crippen LogP) is 4.11. The zero-order valence-corrected chi connectivity index (χ0v) is 29.4. The van der Waals surface area contributed by atoms with E-state index in [1.54, 1.807) is 37.0 Å². The van der Waals surface area contributed by atoms with E-state index in [9.17, 15) is 55.6 Å². The van der Waals surface area contributed by atoms with E-state index in [0.717, 1.165) is 0 Å². The molecule has 0 spiro atoms. The number of carbonyl (C=O) groups excluding carboxylic acids is 1. The summed E-state index contributed by atoms with van der Waals surface area (Å²) in [4.78, 5) is 40.8. The topological polar surface area (TPSA) is 227 Å². The van der Waals surface area contributed by atoms with E-state index in [2.05, 4.69) is 0 Å². The fourth-order valence-electron chi connectivity index (χ4n) is 7.05. The summed E-state index contributed by atoms with van der Waals surface area (Å²) in [6, 6.07) is 8.40. The van der Waals surface area contributed by atoms with Crippen molar-refractivity contribution in [3.63, 3.8) is 0 Å². The molecule has 50 heavy (non-hydrogen) atoms. The van der Waals surface area contributed by atoms with Gasteiger partial charge in [-0.2, -0.15) is 16.8 Å². The van der Waals surface area contributed by atoms with Crippen LogP contribution in [0.25, 0.3) is 0 Å². The lowest BCUT2D eigenvalue weighted by Crippen LogP contribution is -2.42. The first-order valence-electron chi connectivity index (χ1n) is 15.7. The van der Waals surface area contributed by atoms with E-state index < -0.39 is 66.3 Å². The number of carbonyl (C=O) groups is 3. The SMILES string of the molecule is CC1(C)/C(=C\C2=C(O)C(=CC3N(CCCS(=O)(=O)O)c4ccc(C(=O)O)cc4C3(C)C)C2=O)N(CCCS(=O)(=O)O)c2ccc(C(=O)O)cc21. The predicted molar refractivity (Wildman–Crippen MR) is 184 cm³/mol. The summed E-state index contributed by atoms with van der Waals surface area (Å²) < 4.78 is 64.5. The van der Waals surface area contributed by atoms with Gasteiger partial charge in [0.2, 0.25) is 0 Å². The standard InChI is InChI=1S/C34H38N2O12S2/c1-33(2)23-15-19(31(39)40)7-9-25(23)35(11-5-13-49(43,44)45)27(33)17-21-29(37)22(30(21)38)18-28-34(3,4)24-16-20(32(41)42)8-10-26(24)36(28)12-6-14-50(46,47)48/h7-10,15-18,27,37H,5-6,11-14H2,1-4H3,(H,39,40)(H,41,42)(H,43,44,45)(H,46,47,48)/b21-17?,28-18+. The lowest BCUT2D eigenvalue weighted by molar-refractivity contribution is -0.113.